The molecule has 0 N–H and O–H groups in total. The number of hydrogen-bond donors (Lipinski definition) is 0. The van der Waals surface area contributed by atoms with E-state index in [4.69, 9.17) is 0 Å². The lowest BCUT2D eigenvalue weighted by Gasteiger charge is -2.26. The molecule has 0 aliphatic carbocycles. The molecule has 0 unspecified atom stereocenters. The van der Waals surface area contributed by atoms with Gasteiger partial charge in [0.2, 0.25) is 0 Å². The van der Waals surface area contributed by atoms with E-state index in [1.807, 2.05) is 0 Å². The largest absolute Gasteiger partial charge is 0.310 e. The highest BCUT2D eigenvalue weighted by atomic mass is 15.1. The minimum atomic E-state index is 1.09. The number of fused-ring (bicyclic) bond motifs is 3. The van der Waals surface area contributed by atoms with Crippen LogP contribution in [0.3, 0.4) is 0 Å². The second-order valence-electron chi connectivity index (χ2n) is 14.2. The molecule has 2 heteroatoms. The normalized spacial score (nSPS) is 11.2. The summed E-state index contributed by atoms with van der Waals surface area (Å²) in [5.74, 6) is 0. The van der Waals surface area contributed by atoms with Crippen molar-refractivity contribution in [3.8, 4) is 50.2 Å². The van der Waals surface area contributed by atoms with Crippen LogP contribution in [-0.4, -0.2) is 4.57 Å². The molecule has 0 bridgehead atoms. The lowest BCUT2D eigenvalue weighted by atomic mass is 9.96. The van der Waals surface area contributed by atoms with Crippen LogP contribution in [0.15, 0.2) is 231 Å². The zero-order valence-corrected chi connectivity index (χ0v) is 30.8. The topological polar surface area (TPSA) is 8.17 Å². The number of anilines is 3. The summed E-state index contributed by atoms with van der Waals surface area (Å²) in [5.41, 5.74) is 16.3. The van der Waals surface area contributed by atoms with E-state index in [1.54, 1.807) is 0 Å². The van der Waals surface area contributed by atoms with E-state index in [0.29, 0.717) is 0 Å². The lowest BCUT2D eigenvalue weighted by molar-refractivity contribution is 1.18. The molecular weight excluding hydrogens is 677 g/mol. The first-order valence-corrected chi connectivity index (χ1v) is 19.2. The third-order valence-electron chi connectivity index (χ3n) is 10.8. The molecule has 0 aliphatic rings. The molecule has 0 saturated heterocycles. The summed E-state index contributed by atoms with van der Waals surface area (Å²) < 4.78 is 2.43. The van der Waals surface area contributed by atoms with Gasteiger partial charge in [-0.3, -0.25) is 0 Å². The van der Waals surface area contributed by atoms with Crippen molar-refractivity contribution in [1.82, 2.24) is 4.57 Å². The fraction of sp³-hybridized carbons (Fsp3) is 0. The Kier molecular flexibility index (Phi) is 8.55. The lowest BCUT2D eigenvalue weighted by Crippen LogP contribution is -2.10. The van der Waals surface area contributed by atoms with Crippen molar-refractivity contribution in [3.05, 3.63) is 231 Å². The molecule has 2 nitrogen and oxygen atoms in total. The van der Waals surface area contributed by atoms with Gasteiger partial charge >= 0.3 is 0 Å². The fourth-order valence-corrected chi connectivity index (χ4v) is 8.12. The average molecular weight is 715 g/mol. The molecular formula is C54H38N2. The van der Waals surface area contributed by atoms with Crippen molar-refractivity contribution in [2.45, 2.75) is 0 Å². The minimum Gasteiger partial charge on any atom is -0.310 e. The van der Waals surface area contributed by atoms with Gasteiger partial charge in [0.05, 0.1) is 11.0 Å². The van der Waals surface area contributed by atoms with Crippen molar-refractivity contribution < 1.29 is 0 Å². The second kappa shape index (κ2) is 14.4. The number of para-hydroxylation sites is 1. The van der Waals surface area contributed by atoms with Crippen molar-refractivity contribution >= 4 is 38.9 Å². The summed E-state index contributed by atoms with van der Waals surface area (Å²) in [5, 5.41) is 2.46. The predicted octanol–water partition coefficient (Wildman–Crippen LogP) is 14.9. The SMILES string of the molecule is c1ccc(-c2ccc(N(c3cccc(-c4ccccc4)c3)c3ccc4c5c(-c6cccc(-c7ccccc7)c6)cccc5n(-c5ccccc5)c4c3)cc2)cc1. The average Bonchev–Trinajstić information content (AvgIpc) is 3.62. The van der Waals surface area contributed by atoms with Crippen LogP contribution < -0.4 is 4.90 Å². The van der Waals surface area contributed by atoms with Crippen molar-refractivity contribution in [1.29, 1.82) is 0 Å². The van der Waals surface area contributed by atoms with Gasteiger partial charge in [-0.05, 0) is 105 Å². The van der Waals surface area contributed by atoms with Gasteiger partial charge in [-0.1, -0.05) is 170 Å². The van der Waals surface area contributed by atoms with Crippen LogP contribution in [0.4, 0.5) is 17.1 Å². The van der Waals surface area contributed by atoms with Crippen LogP contribution in [-0.2, 0) is 0 Å². The van der Waals surface area contributed by atoms with Crippen LogP contribution >= 0.6 is 0 Å². The van der Waals surface area contributed by atoms with E-state index in [2.05, 4.69) is 240 Å². The van der Waals surface area contributed by atoms with Crippen LogP contribution in [0.2, 0.25) is 0 Å². The molecule has 264 valence electrons. The molecule has 10 rings (SSSR count). The predicted molar refractivity (Wildman–Crippen MR) is 237 cm³/mol. The summed E-state index contributed by atoms with van der Waals surface area (Å²) in [6.45, 7) is 0. The van der Waals surface area contributed by atoms with Crippen LogP contribution in [0.1, 0.15) is 0 Å². The van der Waals surface area contributed by atoms with Crippen molar-refractivity contribution in [2.24, 2.45) is 0 Å². The number of rotatable bonds is 8. The maximum Gasteiger partial charge on any atom is 0.0562 e. The Morgan fingerprint density at radius 3 is 1.43 bits per heavy atom. The van der Waals surface area contributed by atoms with Gasteiger partial charge in [0.25, 0.3) is 0 Å². The Balaban J connectivity index is 1.19. The van der Waals surface area contributed by atoms with Gasteiger partial charge in [-0.25, -0.2) is 0 Å². The third-order valence-corrected chi connectivity index (χ3v) is 10.8. The quantitative estimate of drug-likeness (QED) is 0.152. The Morgan fingerprint density at radius 2 is 0.768 bits per heavy atom. The van der Waals surface area contributed by atoms with Gasteiger partial charge < -0.3 is 9.47 Å². The van der Waals surface area contributed by atoms with E-state index >= 15 is 0 Å². The molecule has 10 aromatic rings. The Morgan fingerprint density at radius 1 is 0.286 bits per heavy atom. The maximum atomic E-state index is 2.43. The summed E-state index contributed by atoms with van der Waals surface area (Å²) in [7, 11) is 0. The zero-order valence-electron chi connectivity index (χ0n) is 30.8. The first-order chi connectivity index (χ1) is 27.8. The van der Waals surface area contributed by atoms with Gasteiger partial charge in [0.15, 0.2) is 0 Å². The van der Waals surface area contributed by atoms with Crippen LogP contribution in [0.25, 0.3) is 72.0 Å². The van der Waals surface area contributed by atoms with Crippen molar-refractivity contribution in [2.75, 3.05) is 4.90 Å². The Hall–Kier alpha value is -7.42. The van der Waals surface area contributed by atoms with Crippen molar-refractivity contribution in [3.63, 3.8) is 0 Å². The Labute approximate surface area is 327 Å². The molecule has 0 radical (unpaired) electrons. The highest BCUT2D eigenvalue weighted by molar-refractivity contribution is 6.16. The third kappa shape index (κ3) is 6.14. The molecule has 1 aromatic heterocycles. The number of aromatic nitrogens is 1. The standard InChI is InChI=1S/C54H38N2/c1-5-16-39(17-6-1)42-30-32-47(33-31-42)55(48-27-14-23-44(37-48)41-20-9-3-10-21-41)49-34-35-51-53(38-49)56(46-25-11-4-12-26-46)52-29-15-28-50(54(51)52)45-24-13-22-43(36-45)40-18-7-2-8-19-40/h1-38H. The highest BCUT2D eigenvalue weighted by Crippen LogP contribution is 2.43. The van der Waals surface area contributed by atoms with Gasteiger partial charge in [0.1, 0.15) is 0 Å². The molecule has 56 heavy (non-hydrogen) atoms. The number of nitrogens with zero attached hydrogens (tertiary/aromatic N) is 2. The van der Waals surface area contributed by atoms with Crippen LogP contribution in [0.5, 0.6) is 0 Å². The number of benzene rings is 9. The Bertz CT molecular complexity index is 2930. The van der Waals surface area contributed by atoms with E-state index in [1.165, 1.54) is 60.8 Å². The van der Waals surface area contributed by atoms with Crippen LogP contribution in [0, 0.1) is 0 Å². The zero-order chi connectivity index (χ0) is 37.3. The second-order valence-corrected chi connectivity index (χ2v) is 14.2. The van der Waals surface area contributed by atoms with E-state index in [9.17, 15) is 0 Å². The molecule has 0 saturated carbocycles. The van der Waals surface area contributed by atoms with Gasteiger partial charge in [-0.15, -0.1) is 0 Å². The smallest absolute Gasteiger partial charge is 0.0562 e. The van der Waals surface area contributed by atoms with Gasteiger partial charge in [0, 0.05) is 33.5 Å². The molecule has 0 fully saturated rings. The first kappa shape index (κ1) is 33.2. The molecule has 1 heterocycles. The molecule has 0 amide bonds. The first-order valence-electron chi connectivity index (χ1n) is 19.2. The molecule has 0 aliphatic heterocycles. The van der Waals surface area contributed by atoms with Gasteiger partial charge in [-0.2, -0.15) is 0 Å². The monoisotopic (exact) mass is 714 g/mol. The minimum absolute atomic E-state index is 1.09. The molecule has 0 atom stereocenters. The highest BCUT2D eigenvalue weighted by Gasteiger charge is 2.20. The summed E-state index contributed by atoms with van der Waals surface area (Å²) >= 11 is 0. The van der Waals surface area contributed by atoms with E-state index in [0.717, 1.165) is 28.3 Å². The van der Waals surface area contributed by atoms with E-state index < -0.39 is 0 Å². The maximum absolute atomic E-state index is 2.43. The van der Waals surface area contributed by atoms with E-state index in [-0.39, 0.29) is 0 Å². The number of hydrogen-bond acceptors (Lipinski definition) is 1. The molecule has 9 aromatic carbocycles. The summed E-state index contributed by atoms with van der Waals surface area (Å²) in [4.78, 5) is 2.39. The summed E-state index contributed by atoms with van der Waals surface area (Å²) in [6.07, 6.45) is 0. The summed E-state index contributed by atoms with van der Waals surface area (Å²) in [6, 6.07) is 83.1. The fourth-order valence-electron chi connectivity index (χ4n) is 8.12. The molecule has 0 spiro atoms.